The number of carbonyl (C=O) groups is 1. The van der Waals surface area contributed by atoms with Gasteiger partial charge in [0.2, 0.25) is 5.91 Å². The number of amides is 1. The zero-order valence-electron chi connectivity index (χ0n) is 15.3. The highest BCUT2D eigenvalue weighted by Crippen LogP contribution is 2.27. The van der Waals surface area contributed by atoms with E-state index in [9.17, 15) is 4.79 Å². The number of benzene rings is 1. The van der Waals surface area contributed by atoms with Crippen molar-refractivity contribution in [3.05, 3.63) is 53.9 Å². The molecule has 0 spiro atoms. The number of aryl methyl sites for hydroxylation is 1. The molecule has 2 aromatic rings. The molecule has 0 unspecified atom stereocenters. The van der Waals surface area contributed by atoms with Crippen molar-refractivity contribution in [2.24, 2.45) is 0 Å². The highest BCUT2D eigenvalue weighted by Gasteiger charge is 2.23. The second-order valence-electron chi connectivity index (χ2n) is 6.92. The van der Waals surface area contributed by atoms with E-state index in [0.29, 0.717) is 19.0 Å². The van der Waals surface area contributed by atoms with E-state index in [0.717, 1.165) is 32.5 Å². The Labute approximate surface area is 150 Å². The van der Waals surface area contributed by atoms with Gasteiger partial charge in [0.15, 0.2) is 0 Å². The van der Waals surface area contributed by atoms with Gasteiger partial charge in [-0.1, -0.05) is 30.3 Å². The van der Waals surface area contributed by atoms with Gasteiger partial charge in [0, 0.05) is 26.3 Å². The molecule has 1 amide bonds. The first-order valence-corrected chi connectivity index (χ1v) is 9.18. The van der Waals surface area contributed by atoms with Crippen molar-refractivity contribution in [3.63, 3.8) is 0 Å². The van der Waals surface area contributed by atoms with Gasteiger partial charge in [0.25, 0.3) is 0 Å². The summed E-state index contributed by atoms with van der Waals surface area (Å²) in [6.07, 6.45) is 6.37. The van der Waals surface area contributed by atoms with Crippen LogP contribution in [0.15, 0.2) is 42.7 Å². The Hall–Kier alpha value is -2.14. The van der Waals surface area contributed by atoms with Crippen molar-refractivity contribution in [1.82, 2.24) is 19.6 Å². The fourth-order valence-corrected chi connectivity index (χ4v) is 3.45. The maximum absolute atomic E-state index is 12.5. The summed E-state index contributed by atoms with van der Waals surface area (Å²) in [5.74, 6) is 0.773. The zero-order valence-corrected chi connectivity index (χ0v) is 15.3. The third kappa shape index (κ3) is 4.69. The molecule has 1 saturated heterocycles. The van der Waals surface area contributed by atoms with Crippen LogP contribution in [0.5, 0.6) is 0 Å². The first kappa shape index (κ1) is 17.7. The number of aromatic nitrogens is 2. The average molecular weight is 340 g/mol. The quantitative estimate of drug-likeness (QED) is 0.812. The number of carbonyl (C=O) groups excluding carboxylic acids is 1. The molecule has 1 aliphatic rings. The van der Waals surface area contributed by atoms with Crippen LogP contribution in [0.2, 0.25) is 0 Å². The molecule has 1 aromatic heterocycles. The molecule has 1 aromatic carbocycles. The van der Waals surface area contributed by atoms with Gasteiger partial charge in [-0.25, -0.2) is 0 Å². The summed E-state index contributed by atoms with van der Waals surface area (Å²) in [6.45, 7) is 6.18. The van der Waals surface area contributed by atoms with Crippen LogP contribution >= 0.6 is 0 Å². The highest BCUT2D eigenvalue weighted by atomic mass is 16.2. The lowest BCUT2D eigenvalue weighted by Crippen LogP contribution is -2.41. The van der Waals surface area contributed by atoms with Gasteiger partial charge < -0.3 is 4.90 Å². The molecule has 0 bridgehead atoms. The molecular weight excluding hydrogens is 312 g/mol. The molecule has 0 atom stereocenters. The summed E-state index contributed by atoms with van der Waals surface area (Å²) in [5, 5.41) is 4.38. The van der Waals surface area contributed by atoms with Crippen molar-refractivity contribution < 1.29 is 4.79 Å². The van der Waals surface area contributed by atoms with Crippen molar-refractivity contribution in [2.75, 3.05) is 26.7 Å². The Balaban J connectivity index is 1.45. The maximum Gasteiger partial charge on any atom is 0.236 e. The normalized spacial score (nSPS) is 16.1. The van der Waals surface area contributed by atoms with Crippen LogP contribution < -0.4 is 0 Å². The summed E-state index contributed by atoms with van der Waals surface area (Å²) in [4.78, 5) is 16.6. The van der Waals surface area contributed by atoms with Crippen LogP contribution in [-0.4, -0.2) is 52.2 Å². The second-order valence-corrected chi connectivity index (χ2v) is 6.92. The van der Waals surface area contributed by atoms with Gasteiger partial charge in [-0.2, -0.15) is 5.10 Å². The summed E-state index contributed by atoms with van der Waals surface area (Å²) >= 11 is 0. The molecule has 134 valence electrons. The molecule has 1 fully saturated rings. The predicted molar refractivity (Wildman–Crippen MR) is 99.2 cm³/mol. The zero-order chi connectivity index (χ0) is 17.6. The lowest BCUT2D eigenvalue weighted by molar-refractivity contribution is -0.131. The maximum atomic E-state index is 12.5. The number of hydrogen-bond donors (Lipinski definition) is 0. The SMILES string of the molecule is CCn1cc(C2CCN(CC(=O)N(C)Cc3ccccc3)CC2)cn1. The minimum absolute atomic E-state index is 0.195. The number of piperidine rings is 1. The Kier molecular flexibility index (Phi) is 5.87. The van der Waals surface area contributed by atoms with Gasteiger partial charge in [0.1, 0.15) is 0 Å². The second kappa shape index (κ2) is 8.30. The third-order valence-electron chi connectivity index (χ3n) is 5.08. The van der Waals surface area contributed by atoms with E-state index in [2.05, 4.69) is 35.3 Å². The number of hydrogen-bond acceptors (Lipinski definition) is 3. The largest absolute Gasteiger partial charge is 0.340 e. The van der Waals surface area contributed by atoms with Crippen molar-refractivity contribution >= 4 is 5.91 Å². The van der Waals surface area contributed by atoms with E-state index >= 15 is 0 Å². The fourth-order valence-electron chi connectivity index (χ4n) is 3.45. The molecule has 5 nitrogen and oxygen atoms in total. The summed E-state index contributed by atoms with van der Waals surface area (Å²) < 4.78 is 1.99. The first-order chi connectivity index (χ1) is 12.2. The van der Waals surface area contributed by atoms with Crippen LogP contribution in [0.25, 0.3) is 0 Å². The minimum Gasteiger partial charge on any atom is -0.340 e. The van der Waals surface area contributed by atoms with Gasteiger partial charge in [0.05, 0.1) is 12.7 Å². The average Bonchev–Trinajstić information content (AvgIpc) is 3.12. The monoisotopic (exact) mass is 340 g/mol. The number of rotatable bonds is 6. The lowest BCUT2D eigenvalue weighted by atomic mass is 9.91. The van der Waals surface area contributed by atoms with Crippen LogP contribution in [0.4, 0.5) is 0 Å². The highest BCUT2D eigenvalue weighted by molar-refractivity contribution is 5.78. The standard InChI is InChI=1S/C20H28N4O/c1-3-24-15-19(13-21-24)18-9-11-23(12-10-18)16-20(25)22(2)14-17-7-5-4-6-8-17/h4-8,13,15,18H,3,9-12,14,16H2,1-2H3. The molecule has 2 heterocycles. The van der Waals surface area contributed by atoms with E-state index in [1.54, 1.807) is 0 Å². The van der Waals surface area contributed by atoms with Crippen molar-refractivity contribution in [2.45, 2.75) is 38.8 Å². The fraction of sp³-hybridized carbons (Fsp3) is 0.500. The van der Waals surface area contributed by atoms with Crippen molar-refractivity contribution in [3.8, 4) is 0 Å². The number of nitrogens with zero attached hydrogens (tertiary/aromatic N) is 4. The molecule has 3 rings (SSSR count). The van der Waals surface area contributed by atoms with Gasteiger partial charge in [-0.05, 0) is 49.9 Å². The third-order valence-corrected chi connectivity index (χ3v) is 5.08. The molecule has 0 saturated carbocycles. The smallest absolute Gasteiger partial charge is 0.236 e. The van der Waals surface area contributed by atoms with E-state index < -0.39 is 0 Å². The van der Waals surface area contributed by atoms with E-state index in [-0.39, 0.29) is 5.91 Å². The van der Waals surface area contributed by atoms with E-state index in [1.165, 1.54) is 11.1 Å². The molecule has 25 heavy (non-hydrogen) atoms. The van der Waals surface area contributed by atoms with Crippen LogP contribution in [0, 0.1) is 0 Å². The molecular formula is C20H28N4O. The van der Waals surface area contributed by atoms with Crippen LogP contribution in [-0.2, 0) is 17.9 Å². The van der Waals surface area contributed by atoms with Gasteiger partial charge in [-0.15, -0.1) is 0 Å². The minimum atomic E-state index is 0.195. The van der Waals surface area contributed by atoms with E-state index in [1.807, 2.05) is 41.0 Å². The molecule has 5 heteroatoms. The van der Waals surface area contributed by atoms with E-state index in [4.69, 9.17) is 0 Å². The number of likely N-dealkylation sites (tertiary alicyclic amines) is 1. The van der Waals surface area contributed by atoms with Gasteiger partial charge >= 0.3 is 0 Å². The van der Waals surface area contributed by atoms with Crippen LogP contribution in [0.3, 0.4) is 0 Å². The molecule has 0 N–H and O–H groups in total. The Morgan fingerprint density at radius 1 is 1.24 bits per heavy atom. The summed E-state index contributed by atoms with van der Waals surface area (Å²) in [6, 6.07) is 10.1. The summed E-state index contributed by atoms with van der Waals surface area (Å²) in [5.41, 5.74) is 2.51. The molecule has 1 aliphatic heterocycles. The lowest BCUT2D eigenvalue weighted by Gasteiger charge is -2.32. The Bertz CT molecular complexity index is 674. The Morgan fingerprint density at radius 3 is 2.60 bits per heavy atom. The molecule has 0 aliphatic carbocycles. The van der Waals surface area contributed by atoms with Crippen LogP contribution in [0.1, 0.15) is 36.8 Å². The summed E-state index contributed by atoms with van der Waals surface area (Å²) in [7, 11) is 1.89. The first-order valence-electron chi connectivity index (χ1n) is 9.18. The van der Waals surface area contributed by atoms with Gasteiger partial charge in [-0.3, -0.25) is 14.4 Å². The Morgan fingerprint density at radius 2 is 1.96 bits per heavy atom. The number of likely N-dealkylation sites (N-methyl/N-ethyl adjacent to an activating group) is 1. The molecule has 0 radical (unpaired) electrons. The van der Waals surface area contributed by atoms with Crippen molar-refractivity contribution in [1.29, 1.82) is 0 Å². The topological polar surface area (TPSA) is 41.4 Å². The predicted octanol–water partition coefficient (Wildman–Crippen LogP) is 2.74.